The van der Waals surface area contributed by atoms with Crippen LogP contribution in [-0.2, 0) is 13.0 Å². The highest BCUT2D eigenvalue weighted by Gasteiger charge is 2.17. The zero-order chi connectivity index (χ0) is 14.5. The molecule has 1 unspecified atom stereocenters. The van der Waals surface area contributed by atoms with Crippen LogP contribution in [-0.4, -0.2) is 26.6 Å². The summed E-state index contributed by atoms with van der Waals surface area (Å²) in [5, 5.41) is 13.8. The third-order valence-electron chi connectivity index (χ3n) is 3.75. The quantitative estimate of drug-likeness (QED) is 0.857. The Labute approximate surface area is 130 Å². The van der Waals surface area contributed by atoms with Gasteiger partial charge in [0, 0.05) is 30.4 Å². The van der Waals surface area contributed by atoms with Crippen LogP contribution in [0.1, 0.15) is 32.0 Å². The van der Waals surface area contributed by atoms with Gasteiger partial charge in [0.1, 0.15) is 5.82 Å². The molecule has 1 atom stereocenters. The van der Waals surface area contributed by atoms with Gasteiger partial charge in [0.25, 0.3) is 0 Å². The van der Waals surface area contributed by atoms with Gasteiger partial charge in [0.2, 0.25) is 0 Å². The van der Waals surface area contributed by atoms with E-state index in [2.05, 4.69) is 51.3 Å². The van der Waals surface area contributed by atoms with E-state index in [0.717, 1.165) is 24.7 Å². The van der Waals surface area contributed by atoms with Crippen molar-refractivity contribution < 1.29 is 0 Å². The Balaban J connectivity index is 1.57. The molecule has 1 aliphatic heterocycles. The summed E-state index contributed by atoms with van der Waals surface area (Å²) in [6.45, 7) is 4.24. The van der Waals surface area contributed by atoms with Crippen molar-refractivity contribution in [2.24, 2.45) is 0 Å². The van der Waals surface area contributed by atoms with Crippen LogP contribution in [0.3, 0.4) is 0 Å². The molecule has 1 aliphatic rings. The van der Waals surface area contributed by atoms with Crippen molar-refractivity contribution in [3.8, 4) is 0 Å². The van der Waals surface area contributed by atoms with E-state index >= 15 is 0 Å². The molecule has 3 rings (SSSR count). The number of hydrogen-bond donors (Lipinski definition) is 1. The van der Waals surface area contributed by atoms with Gasteiger partial charge in [-0.05, 0) is 25.0 Å². The highest BCUT2D eigenvalue weighted by Crippen LogP contribution is 2.25. The average Bonchev–Trinajstić information content (AvgIpc) is 2.74. The molecule has 0 spiro atoms. The lowest BCUT2D eigenvalue weighted by molar-refractivity contribution is 0.590. The maximum atomic E-state index is 4.38. The Bertz CT molecular complexity index is 567. The average molecular weight is 302 g/mol. The van der Waals surface area contributed by atoms with Crippen LogP contribution in [0.4, 0.5) is 5.69 Å². The fourth-order valence-corrected chi connectivity index (χ4v) is 3.52. The predicted molar refractivity (Wildman–Crippen MR) is 87.8 cm³/mol. The molecule has 0 radical (unpaired) electrons. The van der Waals surface area contributed by atoms with Crippen LogP contribution in [0.15, 0.2) is 35.5 Å². The Morgan fingerprint density at radius 1 is 1.19 bits per heavy atom. The van der Waals surface area contributed by atoms with E-state index in [-0.39, 0.29) is 0 Å². The summed E-state index contributed by atoms with van der Waals surface area (Å²) in [6, 6.07) is 10.3. The third-order valence-corrected chi connectivity index (χ3v) is 4.83. The summed E-state index contributed by atoms with van der Waals surface area (Å²) < 4.78 is 2.32. The SMILES string of the molecule is CC(CNc1ccccc1)Sc1nnc2n1CCCCC2. The van der Waals surface area contributed by atoms with E-state index in [4.69, 9.17) is 0 Å². The van der Waals surface area contributed by atoms with Crippen molar-refractivity contribution in [2.75, 3.05) is 11.9 Å². The van der Waals surface area contributed by atoms with Crippen LogP contribution in [0, 0.1) is 0 Å². The lowest BCUT2D eigenvalue weighted by atomic mass is 10.2. The highest BCUT2D eigenvalue weighted by molar-refractivity contribution is 7.99. The van der Waals surface area contributed by atoms with E-state index in [1.54, 1.807) is 0 Å². The minimum Gasteiger partial charge on any atom is -0.384 e. The molecule has 112 valence electrons. The van der Waals surface area contributed by atoms with Gasteiger partial charge in [-0.15, -0.1) is 10.2 Å². The van der Waals surface area contributed by atoms with Crippen molar-refractivity contribution in [1.29, 1.82) is 0 Å². The second kappa shape index (κ2) is 6.98. The Morgan fingerprint density at radius 3 is 2.90 bits per heavy atom. The lowest BCUT2D eigenvalue weighted by Crippen LogP contribution is -2.14. The summed E-state index contributed by atoms with van der Waals surface area (Å²) in [5.41, 5.74) is 1.17. The smallest absolute Gasteiger partial charge is 0.191 e. The summed E-state index contributed by atoms with van der Waals surface area (Å²) in [7, 11) is 0. The fourth-order valence-electron chi connectivity index (χ4n) is 2.58. The first kappa shape index (κ1) is 14.4. The van der Waals surface area contributed by atoms with Gasteiger partial charge in [0.15, 0.2) is 5.16 Å². The highest BCUT2D eigenvalue weighted by atomic mass is 32.2. The molecule has 0 saturated carbocycles. The third kappa shape index (κ3) is 3.79. The number of nitrogens with one attached hydrogen (secondary N) is 1. The molecule has 1 aromatic carbocycles. The molecule has 0 fully saturated rings. The zero-order valence-corrected chi connectivity index (χ0v) is 13.3. The number of thioether (sulfide) groups is 1. The Kier molecular flexibility index (Phi) is 4.80. The first-order valence-corrected chi connectivity index (χ1v) is 8.58. The van der Waals surface area contributed by atoms with Crippen LogP contribution in [0.2, 0.25) is 0 Å². The maximum Gasteiger partial charge on any atom is 0.191 e. The molecule has 2 aromatic rings. The van der Waals surface area contributed by atoms with E-state index in [9.17, 15) is 0 Å². The molecule has 0 amide bonds. The van der Waals surface area contributed by atoms with Gasteiger partial charge in [-0.2, -0.15) is 0 Å². The lowest BCUT2D eigenvalue weighted by Gasteiger charge is -2.13. The van der Waals surface area contributed by atoms with Gasteiger partial charge in [0.05, 0.1) is 0 Å². The van der Waals surface area contributed by atoms with Gasteiger partial charge in [-0.1, -0.05) is 43.3 Å². The normalized spacial score (nSPS) is 16.0. The van der Waals surface area contributed by atoms with Gasteiger partial charge in [-0.25, -0.2) is 0 Å². The molecule has 4 nitrogen and oxygen atoms in total. The molecule has 5 heteroatoms. The molecule has 1 N–H and O–H groups in total. The number of nitrogens with zero attached hydrogens (tertiary/aromatic N) is 3. The minimum absolute atomic E-state index is 0.460. The van der Waals surface area contributed by atoms with Gasteiger partial charge >= 0.3 is 0 Å². The fraction of sp³-hybridized carbons (Fsp3) is 0.500. The molecule has 0 saturated heterocycles. The van der Waals surface area contributed by atoms with Crippen LogP contribution >= 0.6 is 11.8 Å². The summed E-state index contributed by atoms with van der Waals surface area (Å²) in [5.74, 6) is 1.17. The zero-order valence-electron chi connectivity index (χ0n) is 12.5. The number of aryl methyl sites for hydroxylation is 1. The van der Waals surface area contributed by atoms with Crippen LogP contribution in [0.5, 0.6) is 0 Å². The number of benzene rings is 1. The van der Waals surface area contributed by atoms with Gasteiger partial charge < -0.3 is 9.88 Å². The van der Waals surface area contributed by atoms with Crippen LogP contribution in [0.25, 0.3) is 0 Å². The van der Waals surface area contributed by atoms with Crippen molar-refractivity contribution >= 4 is 17.4 Å². The minimum atomic E-state index is 0.460. The summed E-state index contributed by atoms with van der Waals surface area (Å²) >= 11 is 1.82. The molecule has 2 heterocycles. The predicted octanol–water partition coefficient (Wildman–Crippen LogP) is 3.60. The summed E-state index contributed by atoms with van der Waals surface area (Å²) in [6.07, 6.45) is 4.87. The number of para-hydroxylation sites is 1. The van der Waals surface area contributed by atoms with E-state index in [1.807, 2.05) is 17.8 Å². The van der Waals surface area contributed by atoms with E-state index < -0.39 is 0 Å². The first-order chi connectivity index (χ1) is 10.3. The molecular weight excluding hydrogens is 280 g/mol. The number of rotatable bonds is 5. The van der Waals surface area contributed by atoms with Gasteiger partial charge in [-0.3, -0.25) is 0 Å². The maximum absolute atomic E-state index is 4.38. The standard InChI is InChI=1S/C16H22N4S/c1-13(12-17-14-8-4-2-5-9-14)21-16-19-18-15-10-6-3-7-11-20(15)16/h2,4-5,8-9,13,17H,3,6-7,10-12H2,1H3. The molecular formula is C16H22N4S. The van der Waals surface area contributed by atoms with E-state index in [1.165, 1.54) is 30.8 Å². The first-order valence-electron chi connectivity index (χ1n) is 7.70. The van der Waals surface area contributed by atoms with E-state index in [0.29, 0.717) is 5.25 Å². The monoisotopic (exact) mass is 302 g/mol. The largest absolute Gasteiger partial charge is 0.384 e. The van der Waals surface area contributed by atoms with Crippen molar-refractivity contribution in [3.05, 3.63) is 36.2 Å². The van der Waals surface area contributed by atoms with Crippen molar-refractivity contribution in [3.63, 3.8) is 0 Å². The second-order valence-corrected chi connectivity index (χ2v) is 6.94. The molecule has 21 heavy (non-hydrogen) atoms. The van der Waals surface area contributed by atoms with Crippen LogP contribution < -0.4 is 5.32 Å². The number of hydrogen-bond acceptors (Lipinski definition) is 4. The Morgan fingerprint density at radius 2 is 2.05 bits per heavy atom. The van der Waals surface area contributed by atoms with Crippen molar-refractivity contribution in [1.82, 2.24) is 14.8 Å². The topological polar surface area (TPSA) is 42.7 Å². The number of anilines is 1. The second-order valence-electron chi connectivity index (χ2n) is 5.54. The summed E-state index contributed by atoms with van der Waals surface area (Å²) in [4.78, 5) is 0. The molecule has 0 bridgehead atoms. The van der Waals surface area contributed by atoms with Crippen molar-refractivity contribution in [2.45, 2.75) is 49.6 Å². The Hall–Kier alpha value is -1.49. The number of aromatic nitrogens is 3. The molecule has 1 aromatic heterocycles. The number of fused-ring (bicyclic) bond motifs is 1. The molecule has 0 aliphatic carbocycles.